The molecule has 0 atom stereocenters. The van der Waals surface area contributed by atoms with Gasteiger partial charge in [-0.05, 0) is 31.0 Å². The van der Waals surface area contributed by atoms with Gasteiger partial charge in [0.2, 0.25) is 0 Å². The Morgan fingerprint density at radius 1 is 1.00 bits per heavy atom. The molecule has 134 valence electrons. The smallest absolute Gasteiger partial charge is 0.164 e. The quantitative estimate of drug-likeness (QED) is 0.660. The zero-order chi connectivity index (χ0) is 18.1. The van der Waals surface area contributed by atoms with E-state index in [1.807, 2.05) is 37.3 Å². The zero-order valence-electron chi connectivity index (χ0n) is 15.3. The molecular formula is C21H27NO3. The van der Waals surface area contributed by atoms with Gasteiger partial charge in [-0.25, -0.2) is 0 Å². The van der Waals surface area contributed by atoms with Gasteiger partial charge in [0.25, 0.3) is 0 Å². The molecule has 0 saturated carbocycles. The van der Waals surface area contributed by atoms with Crippen LogP contribution in [0.5, 0.6) is 17.2 Å². The van der Waals surface area contributed by atoms with Crippen molar-refractivity contribution in [3.63, 3.8) is 0 Å². The number of ether oxygens (including phenoxy) is 3. The maximum atomic E-state index is 5.67. The van der Waals surface area contributed by atoms with Crippen LogP contribution in [-0.4, -0.2) is 20.8 Å². The minimum Gasteiger partial charge on any atom is -0.494 e. The van der Waals surface area contributed by atoms with Crippen molar-refractivity contribution in [2.45, 2.75) is 26.4 Å². The van der Waals surface area contributed by atoms with Gasteiger partial charge >= 0.3 is 0 Å². The lowest BCUT2D eigenvalue weighted by atomic mass is 10.1. The number of methoxy groups -OCH3 is 2. The first-order chi connectivity index (χ1) is 12.2. The molecule has 0 aliphatic rings. The molecule has 0 heterocycles. The van der Waals surface area contributed by atoms with E-state index in [2.05, 4.69) is 24.0 Å². The molecule has 4 heteroatoms. The van der Waals surface area contributed by atoms with Crippen molar-refractivity contribution >= 4 is 0 Å². The molecule has 25 heavy (non-hydrogen) atoms. The molecule has 2 aromatic carbocycles. The Morgan fingerprint density at radius 3 is 2.48 bits per heavy atom. The maximum Gasteiger partial charge on any atom is 0.164 e. The van der Waals surface area contributed by atoms with Crippen molar-refractivity contribution < 1.29 is 14.2 Å². The molecular weight excluding hydrogens is 314 g/mol. The summed E-state index contributed by atoms with van der Waals surface area (Å²) in [6.07, 6.45) is 2.60. The molecule has 0 fully saturated rings. The Hall–Kier alpha value is -2.46. The number of benzene rings is 2. The van der Waals surface area contributed by atoms with E-state index in [1.165, 1.54) is 0 Å². The number of para-hydroxylation sites is 1. The number of rotatable bonds is 10. The third kappa shape index (κ3) is 5.00. The molecule has 0 bridgehead atoms. The van der Waals surface area contributed by atoms with Crippen molar-refractivity contribution in [2.24, 2.45) is 0 Å². The molecule has 1 N–H and O–H groups in total. The van der Waals surface area contributed by atoms with E-state index in [1.54, 1.807) is 14.2 Å². The fourth-order valence-corrected chi connectivity index (χ4v) is 2.80. The average Bonchev–Trinajstić information content (AvgIpc) is 2.63. The molecule has 0 aliphatic heterocycles. The summed E-state index contributed by atoms with van der Waals surface area (Å²) in [5, 5.41) is 3.47. The minimum absolute atomic E-state index is 0.664. The second kappa shape index (κ2) is 9.74. The van der Waals surface area contributed by atoms with Crippen LogP contribution in [-0.2, 0) is 19.5 Å². The van der Waals surface area contributed by atoms with Crippen LogP contribution >= 0.6 is 0 Å². The highest BCUT2D eigenvalue weighted by atomic mass is 16.5. The van der Waals surface area contributed by atoms with E-state index < -0.39 is 0 Å². The van der Waals surface area contributed by atoms with Crippen LogP contribution in [0.1, 0.15) is 23.6 Å². The normalized spacial score (nSPS) is 10.4. The summed E-state index contributed by atoms with van der Waals surface area (Å²) in [5.74, 6) is 2.44. The van der Waals surface area contributed by atoms with Crippen LogP contribution in [0.2, 0.25) is 0 Å². The summed E-state index contributed by atoms with van der Waals surface area (Å²) in [4.78, 5) is 0. The Morgan fingerprint density at radius 2 is 1.80 bits per heavy atom. The van der Waals surface area contributed by atoms with Gasteiger partial charge < -0.3 is 19.5 Å². The zero-order valence-corrected chi connectivity index (χ0v) is 15.3. The van der Waals surface area contributed by atoms with E-state index in [4.69, 9.17) is 14.2 Å². The van der Waals surface area contributed by atoms with Gasteiger partial charge in [0.1, 0.15) is 5.75 Å². The Balaban J connectivity index is 2.10. The summed E-state index contributed by atoms with van der Waals surface area (Å²) in [5.41, 5.74) is 3.36. The van der Waals surface area contributed by atoms with Gasteiger partial charge in [0.05, 0.1) is 20.8 Å². The second-order valence-electron chi connectivity index (χ2n) is 5.63. The first-order valence-corrected chi connectivity index (χ1v) is 8.49. The van der Waals surface area contributed by atoms with Crippen molar-refractivity contribution in [2.75, 3.05) is 20.8 Å². The highest BCUT2D eigenvalue weighted by Gasteiger charge is 2.11. The van der Waals surface area contributed by atoms with Crippen LogP contribution in [0.4, 0.5) is 0 Å². The van der Waals surface area contributed by atoms with E-state index in [0.717, 1.165) is 53.4 Å². The van der Waals surface area contributed by atoms with Gasteiger partial charge in [0.15, 0.2) is 11.5 Å². The van der Waals surface area contributed by atoms with E-state index in [9.17, 15) is 0 Å². The molecule has 0 radical (unpaired) electrons. The molecule has 2 aromatic rings. The predicted molar refractivity (Wildman–Crippen MR) is 102 cm³/mol. The van der Waals surface area contributed by atoms with Crippen LogP contribution < -0.4 is 19.5 Å². The molecule has 0 aliphatic carbocycles. The van der Waals surface area contributed by atoms with Gasteiger partial charge in [-0.2, -0.15) is 0 Å². The fraction of sp³-hybridized carbons (Fsp3) is 0.333. The SMILES string of the molecule is C=CCc1cc(CNCc2ccccc2OCC)cc(OC)c1OC. The van der Waals surface area contributed by atoms with Gasteiger partial charge in [0, 0.05) is 24.2 Å². The summed E-state index contributed by atoms with van der Waals surface area (Å²) < 4.78 is 16.6. The minimum atomic E-state index is 0.664. The molecule has 0 unspecified atom stereocenters. The maximum absolute atomic E-state index is 5.67. The van der Waals surface area contributed by atoms with Crippen molar-refractivity contribution in [1.82, 2.24) is 5.32 Å². The molecule has 0 amide bonds. The lowest BCUT2D eigenvalue weighted by molar-refractivity contribution is 0.335. The van der Waals surface area contributed by atoms with Crippen LogP contribution in [0, 0.1) is 0 Å². The lowest BCUT2D eigenvalue weighted by Crippen LogP contribution is -2.14. The lowest BCUT2D eigenvalue weighted by Gasteiger charge is -2.15. The van der Waals surface area contributed by atoms with E-state index in [-0.39, 0.29) is 0 Å². The summed E-state index contributed by atoms with van der Waals surface area (Å²) in [7, 11) is 3.32. The predicted octanol–water partition coefficient (Wildman–Crippen LogP) is 4.12. The van der Waals surface area contributed by atoms with Crippen molar-refractivity contribution in [3.05, 3.63) is 65.7 Å². The molecule has 4 nitrogen and oxygen atoms in total. The Bertz CT molecular complexity index is 698. The fourth-order valence-electron chi connectivity index (χ4n) is 2.80. The van der Waals surface area contributed by atoms with Crippen LogP contribution in [0.25, 0.3) is 0 Å². The monoisotopic (exact) mass is 341 g/mol. The van der Waals surface area contributed by atoms with Crippen molar-refractivity contribution in [3.8, 4) is 17.2 Å². The topological polar surface area (TPSA) is 39.7 Å². The highest BCUT2D eigenvalue weighted by Crippen LogP contribution is 2.33. The number of hydrogen-bond donors (Lipinski definition) is 1. The van der Waals surface area contributed by atoms with E-state index >= 15 is 0 Å². The third-order valence-electron chi connectivity index (χ3n) is 3.90. The summed E-state index contributed by atoms with van der Waals surface area (Å²) in [6.45, 7) is 7.94. The van der Waals surface area contributed by atoms with E-state index in [0.29, 0.717) is 6.61 Å². The number of hydrogen-bond acceptors (Lipinski definition) is 4. The second-order valence-corrected chi connectivity index (χ2v) is 5.63. The largest absolute Gasteiger partial charge is 0.494 e. The third-order valence-corrected chi connectivity index (χ3v) is 3.90. The number of allylic oxidation sites excluding steroid dienone is 1. The Kier molecular flexibility index (Phi) is 7.36. The van der Waals surface area contributed by atoms with Gasteiger partial charge in [-0.3, -0.25) is 0 Å². The van der Waals surface area contributed by atoms with Crippen LogP contribution in [0.3, 0.4) is 0 Å². The molecule has 2 rings (SSSR count). The number of nitrogens with one attached hydrogen (secondary N) is 1. The van der Waals surface area contributed by atoms with Gasteiger partial charge in [-0.1, -0.05) is 30.3 Å². The average molecular weight is 341 g/mol. The molecule has 0 saturated heterocycles. The molecule has 0 spiro atoms. The standard InChI is InChI=1S/C21H27NO3/c1-5-9-17-12-16(13-20(23-3)21(17)24-4)14-22-15-18-10-7-8-11-19(18)25-6-2/h5,7-8,10-13,22H,1,6,9,14-15H2,2-4H3. The Labute approximate surface area is 150 Å². The van der Waals surface area contributed by atoms with Crippen molar-refractivity contribution in [1.29, 1.82) is 0 Å². The molecule has 0 aromatic heterocycles. The summed E-state index contributed by atoms with van der Waals surface area (Å²) >= 11 is 0. The summed E-state index contributed by atoms with van der Waals surface area (Å²) in [6, 6.07) is 12.2. The first-order valence-electron chi connectivity index (χ1n) is 8.49. The highest BCUT2D eigenvalue weighted by molar-refractivity contribution is 5.50. The van der Waals surface area contributed by atoms with Gasteiger partial charge in [-0.15, -0.1) is 6.58 Å². The first kappa shape index (κ1) is 18.9. The van der Waals surface area contributed by atoms with Crippen LogP contribution in [0.15, 0.2) is 49.1 Å².